The van der Waals surface area contributed by atoms with Crippen molar-refractivity contribution in [2.75, 3.05) is 32.2 Å². The van der Waals surface area contributed by atoms with E-state index in [-0.39, 0.29) is 0 Å². The normalized spacial score (nSPS) is 10.9. The van der Waals surface area contributed by atoms with Crippen LogP contribution < -0.4 is 10.2 Å². The lowest BCUT2D eigenvalue weighted by Crippen LogP contribution is -2.17. The molecule has 2 heterocycles. The molecule has 5 nitrogen and oxygen atoms in total. The van der Waals surface area contributed by atoms with Gasteiger partial charge in [0.2, 0.25) is 0 Å². The summed E-state index contributed by atoms with van der Waals surface area (Å²) in [6.45, 7) is 5.26. The molecular formula is C13H20N4OS2. The van der Waals surface area contributed by atoms with Gasteiger partial charge in [-0.3, -0.25) is 0 Å². The molecule has 20 heavy (non-hydrogen) atoms. The zero-order valence-electron chi connectivity index (χ0n) is 12.0. The number of aromatic nitrogens is 2. The van der Waals surface area contributed by atoms with E-state index >= 15 is 0 Å². The molecule has 0 saturated heterocycles. The van der Waals surface area contributed by atoms with Crippen LogP contribution in [-0.4, -0.2) is 37.3 Å². The molecule has 2 aromatic rings. The monoisotopic (exact) mass is 312 g/mol. The van der Waals surface area contributed by atoms with Crippen LogP contribution in [0.2, 0.25) is 0 Å². The maximum atomic E-state index is 5.00. The van der Waals surface area contributed by atoms with Crippen LogP contribution in [0.4, 0.5) is 5.13 Å². The van der Waals surface area contributed by atoms with Crippen molar-refractivity contribution in [2.24, 2.45) is 0 Å². The maximum absolute atomic E-state index is 5.00. The van der Waals surface area contributed by atoms with E-state index in [0.29, 0.717) is 0 Å². The second kappa shape index (κ2) is 7.68. The number of hydrogen-bond donors (Lipinski definition) is 1. The molecular weight excluding hydrogens is 292 g/mol. The molecule has 0 fully saturated rings. The van der Waals surface area contributed by atoms with Gasteiger partial charge in [0.1, 0.15) is 0 Å². The van der Waals surface area contributed by atoms with Crippen LogP contribution >= 0.6 is 22.7 Å². The average molecular weight is 312 g/mol. The first kappa shape index (κ1) is 15.4. The highest BCUT2D eigenvalue weighted by molar-refractivity contribution is 7.15. The van der Waals surface area contributed by atoms with Gasteiger partial charge in [-0.25, -0.2) is 9.97 Å². The Balaban J connectivity index is 1.84. The molecule has 0 saturated carbocycles. The van der Waals surface area contributed by atoms with Gasteiger partial charge >= 0.3 is 0 Å². The molecule has 0 spiro atoms. The number of thiazole rings is 2. The highest BCUT2D eigenvalue weighted by atomic mass is 32.1. The minimum absolute atomic E-state index is 0.731. The summed E-state index contributed by atoms with van der Waals surface area (Å²) in [7, 11) is 3.76. The van der Waals surface area contributed by atoms with E-state index in [1.165, 1.54) is 4.88 Å². The first-order chi connectivity index (χ1) is 9.69. The smallest absolute Gasteiger partial charge is 0.185 e. The predicted molar refractivity (Wildman–Crippen MR) is 84.7 cm³/mol. The Morgan fingerprint density at radius 3 is 3.00 bits per heavy atom. The third kappa shape index (κ3) is 4.52. The molecule has 110 valence electrons. The summed E-state index contributed by atoms with van der Waals surface area (Å²) in [5.74, 6) is 0. The lowest BCUT2D eigenvalue weighted by Gasteiger charge is -2.13. The van der Waals surface area contributed by atoms with E-state index in [1.807, 2.05) is 13.1 Å². The summed E-state index contributed by atoms with van der Waals surface area (Å²) in [4.78, 5) is 12.3. The zero-order chi connectivity index (χ0) is 14.4. The molecule has 2 rings (SSSR count). The minimum atomic E-state index is 0.731. The number of methoxy groups -OCH3 is 1. The van der Waals surface area contributed by atoms with Crippen molar-refractivity contribution in [2.45, 2.75) is 20.0 Å². The first-order valence-electron chi connectivity index (χ1n) is 6.45. The molecule has 1 N–H and O–H groups in total. The van der Waals surface area contributed by atoms with Gasteiger partial charge < -0.3 is 15.0 Å². The molecule has 0 aliphatic rings. The molecule has 0 amide bonds. The van der Waals surface area contributed by atoms with Crippen molar-refractivity contribution in [3.8, 4) is 0 Å². The first-order valence-corrected chi connectivity index (χ1v) is 8.15. The van der Waals surface area contributed by atoms with Gasteiger partial charge in [0.25, 0.3) is 0 Å². The van der Waals surface area contributed by atoms with Crippen LogP contribution in [0, 0.1) is 6.92 Å². The quantitative estimate of drug-likeness (QED) is 0.758. The van der Waals surface area contributed by atoms with E-state index in [4.69, 9.17) is 4.74 Å². The Morgan fingerprint density at radius 1 is 1.45 bits per heavy atom. The number of anilines is 1. The van der Waals surface area contributed by atoms with Gasteiger partial charge in [0.15, 0.2) is 5.13 Å². The fourth-order valence-electron chi connectivity index (χ4n) is 1.73. The van der Waals surface area contributed by atoms with Crippen molar-refractivity contribution in [3.05, 3.63) is 27.2 Å². The molecule has 0 aliphatic carbocycles. The van der Waals surface area contributed by atoms with E-state index in [2.05, 4.69) is 32.6 Å². The van der Waals surface area contributed by atoms with Gasteiger partial charge in [0, 0.05) is 43.7 Å². The fraction of sp³-hybridized carbons (Fsp3) is 0.538. The van der Waals surface area contributed by atoms with E-state index < -0.39 is 0 Å². The van der Waals surface area contributed by atoms with Crippen LogP contribution in [0.25, 0.3) is 0 Å². The highest BCUT2D eigenvalue weighted by Crippen LogP contribution is 2.23. The van der Waals surface area contributed by atoms with E-state index in [1.54, 1.807) is 29.8 Å². The minimum Gasteiger partial charge on any atom is -0.383 e. The number of nitrogens with one attached hydrogen (secondary N) is 1. The van der Waals surface area contributed by atoms with E-state index in [0.717, 1.165) is 42.1 Å². The zero-order valence-corrected chi connectivity index (χ0v) is 13.7. The van der Waals surface area contributed by atoms with Gasteiger partial charge in [-0.05, 0) is 6.92 Å². The second-order valence-corrected chi connectivity index (χ2v) is 6.65. The van der Waals surface area contributed by atoms with E-state index in [9.17, 15) is 0 Å². The number of rotatable bonds is 8. The van der Waals surface area contributed by atoms with Crippen LogP contribution in [0.3, 0.4) is 0 Å². The van der Waals surface area contributed by atoms with Gasteiger partial charge in [0.05, 0.1) is 23.9 Å². The Morgan fingerprint density at radius 2 is 2.30 bits per heavy atom. The summed E-state index contributed by atoms with van der Waals surface area (Å²) in [5.41, 5.74) is 1.10. The van der Waals surface area contributed by atoms with Gasteiger partial charge in [-0.15, -0.1) is 22.7 Å². The molecule has 0 unspecified atom stereocenters. The lowest BCUT2D eigenvalue weighted by atomic mass is 10.4. The summed E-state index contributed by atoms with van der Waals surface area (Å²) in [5, 5.41) is 7.56. The van der Waals surface area contributed by atoms with Crippen molar-refractivity contribution in [1.82, 2.24) is 15.3 Å². The largest absolute Gasteiger partial charge is 0.383 e. The van der Waals surface area contributed by atoms with Crippen LogP contribution in [0.15, 0.2) is 11.6 Å². The Hall–Kier alpha value is -1.02. The molecule has 0 bridgehead atoms. The molecule has 0 atom stereocenters. The Bertz CT molecular complexity index is 526. The molecule has 0 aromatic carbocycles. The predicted octanol–water partition coefficient (Wildman–Crippen LogP) is 2.28. The lowest BCUT2D eigenvalue weighted by molar-refractivity contribution is 0.199. The maximum Gasteiger partial charge on any atom is 0.185 e. The second-order valence-electron chi connectivity index (χ2n) is 4.49. The summed E-state index contributed by atoms with van der Waals surface area (Å²) in [6, 6.07) is 0. The van der Waals surface area contributed by atoms with Crippen molar-refractivity contribution in [3.63, 3.8) is 0 Å². The average Bonchev–Trinajstić information content (AvgIpc) is 3.04. The number of aryl methyl sites for hydroxylation is 1. The SMILES string of the molecule is COCCNCc1cnc(N(C)Cc2csc(C)n2)s1. The fourth-order valence-corrected chi connectivity index (χ4v) is 3.18. The summed E-state index contributed by atoms with van der Waals surface area (Å²) in [6.07, 6.45) is 1.93. The number of nitrogens with zero attached hydrogens (tertiary/aromatic N) is 3. The van der Waals surface area contributed by atoms with Gasteiger partial charge in [-0.2, -0.15) is 0 Å². The molecule has 7 heteroatoms. The highest BCUT2D eigenvalue weighted by Gasteiger charge is 2.09. The standard InChI is InChI=1S/C13H20N4OS2/c1-10-16-11(9-19-10)8-17(2)13-15-7-12(20-13)6-14-4-5-18-3/h7,9,14H,4-6,8H2,1-3H3. The van der Waals surface area contributed by atoms with Crippen molar-refractivity contribution in [1.29, 1.82) is 0 Å². The molecule has 0 aliphatic heterocycles. The third-order valence-corrected chi connectivity index (χ3v) is 4.65. The number of ether oxygens (including phenoxy) is 1. The van der Waals surface area contributed by atoms with Crippen LogP contribution in [-0.2, 0) is 17.8 Å². The third-order valence-electron chi connectivity index (χ3n) is 2.72. The Labute approximate surface area is 127 Å². The molecule has 0 radical (unpaired) electrons. The topological polar surface area (TPSA) is 50.3 Å². The summed E-state index contributed by atoms with van der Waals surface area (Å²) < 4.78 is 5.00. The Kier molecular flexibility index (Phi) is 5.90. The van der Waals surface area contributed by atoms with Crippen molar-refractivity contribution >= 4 is 27.8 Å². The number of hydrogen-bond acceptors (Lipinski definition) is 7. The van der Waals surface area contributed by atoms with Crippen LogP contribution in [0.5, 0.6) is 0 Å². The van der Waals surface area contributed by atoms with Gasteiger partial charge in [-0.1, -0.05) is 0 Å². The van der Waals surface area contributed by atoms with Crippen LogP contribution in [0.1, 0.15) is 15.6 Å². The molecule has 2 aromatic heterocycles. The van der Waals surface area contributed by atoms with Crippen molar-refractivity contribution < 1.29 is 4.74 Å². The summed E-state index contributed by atoms with van der Waals surface area (Å²) >= 11 is 3.40.